The van der Waals surface area contributed by atoms with Gasteiger partial charge in [-0.05, 0) is 67.9 Å². The van der Waals surface area contributed by atoms with Crippen LogP contribution in [0.15, 0.2) is 54.6 Å². The zero-order valence-corrected chi connectivity index (χ0v) is 18.9. The molecule has 0 spiro atoms. The van der Waals surface area contributed by atoms with Crippen LogP contribution in [0.3, 0.4) is 0 Å². The summed E-state index contributed by atoms with van der Waals surface area (Å²) in [5, 5.41) is 9.57. The molecule has 5 heteroatoms. The van der Waals surface area contributed by atoms with Crippen molar-refractivity contribution in [3.8, 4) is 17.0 Å². The summed E-state index contributed by atoms with van der Waals surface area (Å²) in [6.45, 7) is 3.73. The molecule has 1 saturated carbocycles. The van der Waals surface area contributed by atoms with E-state index in [1.54, 1.807) is 13.0 Å². The van der Waals surface area contributed by atoms with Crippen LogP contribution in [0.2, 0.25) is 0 Å². The summed E-state index contributed by atoms with van der Waals surface area (Å²) in [6.07, 6.45) is 3.66. The van der Waals surface area contributed by atoms with Gasteiger partial charge in [0, 0.05) is 22.7 Å². The third kappa shape index (κ3) is 4.37. The Bertz CT molecular complexity index is 1190. The number of aryl methyl sites for hydroxylation is 2. The van der Waals surface area contributed by atoms with E-state index in [0.717, 1.165) is 53.6 Å². The van der Waals surface area contributed by atoms with E-state index in [4.69, 9.17) is 9.72 Å². The smallest absolute Gasteiger partial charge is 0.306 e. The molecular weight excluding hydrogens is 417 g/mol. The molecule has 2 heterocycles. The molecule has 1 aromatic heterocycles. The minimum Gasteiger partial charge on any atom is -0.481 e. The van der Waals surface area contributed by atoms with E-state index in [2.05, 4.69) is 0 Å². The Labute approximate surface area is 193 Å². The predicted octanol–water partition coefficient (Wildman–Crippen LogP) is 6.48. The summed E-state index contributed by atoms with van der Waals surface area (Å²) < 4.78 is 20.6. The summed E-state index contributed by atoms with van der Waals surface area (Å²) in [6, 6.07) is 17.0. The van der Waals surface area contributed by atoms with Gasteiger partial charge in [-0.1, -0.05) is 48.9 Å². The molecule has 2 aromatic carbocycles. The van der Waals surface area contributed by atoms with Gasteiger partial charge in [0.1, 0.15) is 11.9 Å². The lowest BCUT2D eigenvalue weighted by atomic mass is 9.86. The van der Waals surface area contributed by atoms with Crippen LogP contribution in [0.4, 0.5) is 4.39 Å². The molecule has 1 fully saturated rings. The SMILES string of the molecule is Cc1ccc(F)c(-c2ccc(C3CCc4ccc([C@H](C5CC5)[C@H](C)C(=O)O)nc4O3)cc2)c1. The number of carboxylic acids is 1. The Morgan fingerprint density at radius 1 is 1.09 bits per heavy atom. The van der Waals surface area contributed by atoms with Gasteiger partial charge in [0.05, 0.1) is 5.92 Å². The summed E-state index contributed by atoms with van der Waals surface area (Å²) in [5.41, 5.74) is 5.37. The van der Waals surface area contributed by atoms with E-state index in [0.29, 0.717) is 17.4 Å². The number of hydrogen-bond donors (Lipinski definition) is 1. The maximum atomic E-state index is 14.3. The number of fused-ring (bicyclic) bond motifs is 1. The maximum Gasteiger partial charge on any atom is 0.306 e. The van der Waals surface area contributed by atoms with Crippen molar-refractivity contribution in [3.05, 3.63) is 82.8 Å². The number of carboxylic acid groups (broad SMARTS) is 1. The molecule has 4 nitrogen and oxygen atoms in total. The first-order chi connectivity index (χ1) is 15.9. The lowest BCUT2D eigenvalue weighted by Crippen LogP contribution is -2.23. The van der Waals surface area contributed by atoms with Crippen molar-refractivity contribution in [1.29, 1.82) is 0 Å². The highest BCUT2D eigenvalue weighted by Gasteiger charge is 2.40. The van der Waals surface area contributed by atoms with Crippen LogP contribution in [0.1, 0.15) is 60.6 Å². The molecule has 170 valence electrons. The maximum absolute atomic E-state index is 14.3. The average molecular weight is 446 g/mol. The lowest BCUT2D eigenvalue weighted by molar-refractivity contribution is -0.142. The highest BCUT2D eigenvalue weighted by Crippen LogP contribution is 2.47. The number of aliphatic carboxylic acids is 1. The second-order valence-electron chi connectivity index (χ2n) is 9.44. The molecule has 0 radical (unpaired) electrons. The molecular formula is C28H28FNO3. The van der Waals surface area contributed by atoms with Crippen molar-refractivity contribution in [1.82, 2.24) is 4.98 Å². The molecule has 1 aliphatic heterocycles. The number of ether oxygens (including phenoxy) is 1. The Morgan fingerprint density at radius 2 is 1.85 bits per heavy atom. The number of carbonyl (C=O) groups is 1. The van der Waals surface area contributed by atoms with Crippen LogP contribution >= 0.6 is 0 Å². The van der Waals surface area contributed by atoms with Gasteiger partial charge in [-0.3, -0.25) is 4.79 Å². The van der Waals surface area contributed by atoms with Crippen LogP contribution in [-0.2, 0) is 11.2 Å². The summed E-state index contributed by atoms with van der Waals surface area (Å²) in [5.74, 6) is -0.572. The second kappa shape index (κ2) is 8.62. The van der Waals surface area contributed by atoms with Crippen molar-refractivity contribution in [2.24, 2.45) is 11.8 Å². The van der Waals surface area contributed by atoms with Crippen molar-refractivity contribution in [3.63, 3.8) is 0 Å². The Morgan fingerprint density at radius 3 is 2.55 bits per heavy atom. The summed E-state index contributed by atoms with van der Waals surface area (Å²) in [7, 11) is 0. The minimum absolute atomic E-state index is 0.0831. The topological polar surface area (TPSA) is 59.4 Å². The van der Waals surface area contributed by atoms with Crippen LogP contribution in [0.5, 0.6) is 5.88 Å². The van der Waals surface area contributed by atoms with Crippen LogP contribution in [0.25, 0.3) is 11.1 Å². The predicted molar refractivity (Wildman–Crippen MR) is 125 cm³/mol. The number of rotatable bonds is 6. The van der Waals surface area contributed by atoms with E-state index in [1.807, 2.05) is 49.4 Å². The molecule has 5 rings (SSSR count). The molecule has 0 saturated heterocycles. The second-order valence-corrected chi connectivity index (χ2v) is 9.44. The number of nitrogens with zero attached hydrogens (tertiary/aromatic N) is 1. The number of aromatic nitrogens is 1. The molecule has 3 atom stereocenters. The number of pyridine rings is 1. The molecule has 1 aliphatic carbocycles. The zero-order chi connectivity index (χ0) is 23.1. The van der Waals surface area contributed by atoms with Crippen molar-refractivity contribution in [2.75, 3.05) is 0 Å². The van der Waals surface area contributed by atoms with Gasteiger partial charge in [0.15, 0.2) is 0 Å². The van der Waals surface area contributed by atoms with E-state index in [-0.39, 0.29) is 17.8 Å². The number of halogens is 1. The van der Waals surface area contributed by atoms with Crippen LogP contribution in [-0.4, -0.2) is 16.1 Å². The van der Waals surface area contributed by atoms with Gasteiger partial charge in [0.2, 0.25) is 5.88 Å². The first-order valence-corrected chi connectivity index (χ1v) is 11.7. The minimum atomic E-state index is -0.782. The fourth-order valence-electron chi connectivity index (χ4n) is 4.93. The fraction of sp³-hybridized carbons (Fsp3) is 0.357. The van der Waals surface area contributed by atoms with Crippen molar-refractivity contribution in [2.45, 2.75) is 51.6 Å². The summed E-state index contributed by atoms with van der Waals surface area (Å²) >= 11 is 0. The Kier molecular flexibility index (Phi) is 5.65. The molecule has 0 bridgehead atoms. The van der Waals surface area contributed by atoms with Crippen LogP contribution < -0.4 is 4.74 Å². The van der Waals surface area contributed by atoms with Gasteiger partial charge in [-0.2, -0.15) is 0 Å². The first kappa shape index (κ1) is 21.6. The lowest BCUT2D eigenvalue weighted by Gasteiger charge is -2.27. The van der Waals surface area contributed by atoms with Gasteiger partial charge >= 0.3 is 5.97 Å². The fourth-order valence-corrected chi connectivity index (χ4v) is 4.93. The normalized spacial score (nSPS) is 19.3. The largest absolute Gasteiger partial charge is 0.481 e. The monoisotopic (exact) mass is 445 g/mol. The Hall–Kier alpha value is -3.21. The third-order valence-corrected chi connectivity index (χ3v) is 7.01. The average Bonchev–Trinajstić information content (AvgIpc) is 3.65. The van der Waals surface area contributed by atoms with Gasteiger partial charge in [0.25, 0.3) is 0 Å². The molecule has 33 heavy (non-hydrogen) atoms. The summed E-state index contributed by atoms with van der Waals surface area (Å²) in [4.78, 5) is 16.5. The first-order valence-electron chi connectivity index (χ1n) is 11.7. The van der Waals surface area contributed by atoms with E-state index in [9.17, 15) is 14.3 Å². The molecule has 2 aliphatic rings. The molecule has 3 aromatic rings. The van der Waals surface area contributed by atoms with Gasteiger partial charge in [-0.15, -0.1) is 0 Å². The van der Waals surface area contributed by atoms with Gasteiger partial charge < -0.3 is 9.84 Å². The molecule has 1 N–H and O–H groups in total. The quantitative estimate of drug-likeness (QED) is 0.472. The number of hydrogen-bond acceptors (Lipinski definition) is 3. The third-order valence-electron chi connectivity index (χ3n) is 7.01. The highest BCUT2D eigenvalue weighted by atomic mass is 19.1. The van der Waals surface area contributed by atoms with Crippen molar-refractivity contribution < 1.29 is 19.0 Å². The standard InChI is InChI=1S/C28H28FNO3/c1-16-3-12-23(29)22(15-16)18-4-6-19(7-5-18)25-14-11-21-10-13-24(30-27(21)33-25)26(20-8-9-20)17(2)28(31)32/h3-7,10,12-13,15,17,20,25-26H,8-9,11,14H2,1-2H3,(H,31,32)/t17-,25?,26-/m0/s1. The molecule has 0 amide bonds. The van der Waals surface area contributed by atoms with E-state index in [1.165, 1.54) is 6.07 Å². The van der Waals surface area contributed by atoms with Crippen molar-refractivity contribution >= 4 is 5.97 Å². The molecule has 1 unspecified atom stereocenters. The number of benzene rings is 2. The van der Waals surface area contributed by atoms with Crippen LogP contribution in [0, 0.1) is 24.6 Å². The van der Waals surface area contributed by atoms with Gasteiger partial charge in [-0.25, -0.2) is 9.37 Å². The highest BCUT2D eigenvalue weighted by molar-refractivity contribution is 5.71. The Balaban J connectivity index is 1.38. The zero-order valence-electron chi connectivity index (χ0n) is 18.9. The van der Waals surface area contributed by atoms with E-state index >= 15 is 0 Å². The van der Waals surface area contributed by atoms with E-state index < -0.39 is 11.9 Å².